The van der Waals surface area contributed by atoms with E-state index in [1.165, 1.54) is 17.3 Å². The van der Waals surface area contributed by atoms with E-state index in [0.717, 1.165) is 6.08 Å². The average Bonchev–Trinajstić information content (AvgIpc) is 2.78. The Morgan fingerprint density at radius 2 is 2.00 bits per heavy atom. The fourth-order valence-electron chi connectivity index (χ4n) is 2.78. The molecule has 0 aliphatic heterocycles. The van der Waals surface area contributed by atoms with Crippen LogP contribution >= 0.6 is 15.9 Å². The Bertz CT molecular complexity index is 1200. The molecule has 0 spiro atoms. The van der Waals surface area contributed by atoms with Crippen LogP contribution in [0.4, 0.5) is 26.4 Å². The normalized spacial score (nSPS) is 10.4. The summed E-state index contributed by atoms with van der Waals surface area (Å²) in [6.07, 6.45) is 2.47. The number of urea groups is 1. The second-order valence-electron chi connectivity index (χ2n) is 7.01. The number of carbonyl (C=O) groups excluding carboxylic acids is 2. The lowest BCUT2D eigenvalue weighted by molar-refractivity contribution is -0.111. The van der Waals surface area contributed by atoms with Crippen LogP contribution < -0.4 is 20.7 Å². The van der Waals surface area contributed by atoms with Crippen LogP contribution in [0.25, 0.3) is 10.9 Å². The van der Waals surface area contributed by atoms with Crippen molar-refractivity contribution in [2.75, 3.05) is 37.9 Å². The molecule has 1 aromatic heterocycles. The van der Waals surface area contributed by atoms with Gasteiger partial charge in [0, 0.05) is 30.0 Å². The summed E-state index contributed by atoms with van der Waals surface area (Å²) < 4.78 is 20.7. The number of fused-ring (bicyclic) bond motifs is 1. The van der Waals surface area contributed by atoms with Crippen LogP contribution in [0.2, 0.25) is 0 Å². The minimum absolute atomic E-state index is 0.155. The van der Waals surface area contributed by atoms with Crippen molar-refractivity contribution in [3.63, 3.8) is 0 Å². The highest BCUT2D eigenvalue weighted by molar-refractivity contribution is 9.10. The molecule has 0 saturated heterocycles. The number of hydrogen-bond acceptors (Lipinski definition) is 6. The molecule has 0 aliphatic carbocycles. The van der Waals surface area contributed by atoms with Gasteiger partial charge in [0.1, 0.15) is 30.3 Å². The molecule has 3 rings (SSSR count). The number of halogens is 2. The smallest absolute Gasteiger partial charge is 0.316 e. The second-order valence-corrected chi connectivity index (χ2v) is 7.92. The van der Waals surface area contributed by atoms with E-state index in [0.29, 0.717) is 32.6 Å². The maximum absolute atomic E-state index is 14.3. The van der Waals surface area contributed by atoms with Gasteiger partial charge in [-0.05, 0) is 30.3 Å². The maximum atomic E-state index is 14.3. The molecular formula is C22H22BrFN6O3. The van der Waals surface area contributed by atoms with Crippen molar-refractivity contribution in [1.29, 1.82) is 0 Å². The zero-order chi connectivity index (χ0) is 24.0. The molecule has 3 amide bonds. The van der Waals surface area contributed by atoms with Gasteiger partial charge in [0.15, 0.2) is 0 Å². The predicted molar refractivity (Wildman–Crippen MR) is 128 cm³/mol. The number of amides is 3. The Morgan fingerprint density at radius 1 is 1.21 bits per heavy atom. The number of rotatable bonds is 8. The fourth-order valence-corrected chi connectivity index (χ4v) is 3.11. The van der Waals surface area contributed by atoms with Crippen LogP contribution in [0, 0.1) is 5.82 Å². The molecule has 0 bridgehead atoms. The maximum Gasteiger partial charge on any atom is 0.316 e. The lowest BCUT2D eigenvalue weighted by Crippen LogP contribution is -2.36. The third-order valence-corrected chi connectivity index (χ3v) is 4.90. The number of hydrogen-bond donors (Lipinski definition) is 3. The zero-order valence-corrected chi connectivity index (χ0v) is 19.6. The third-order valence-electron chi connectivity index (χ3n) is 4.41. The van der Waals surface area contributed by atoms with Gasteiger partial charge in [0.25, 0.3) is 0 Å². The number of carbonyl (C=O) groups is 2. The SMILES string of the molecule is C=CC(=O)Nc1cc2c(Nc3ccc(Br)cc3F)ncnc2cc1OCCNC(=O)N(C)C. The first kappa shape index (κ1) is 23.9. The van der Waals surface area contributed by atoms with Crippen molar-refractivity contribution in [3.8, 4) is 5.75 Å². The Kier molecular flexibility index (Phi) is 7.78. The highest BCUT2D eigenvalue weighted by atomic mass is 79.9. The highest BCUT2D eigenvalue weighted by Crippen LogP contribution is 2.34. The largest absolute Gasteiger partial charge is 0.489 e. The molecule has 0 saturated carbocycles. The van der Waals surface area contributed by atoms with Crippen molar-refractivity contribution in [3.05, 3.63) is 59.6 Å². The first-order chi connectivity index (χ1) is 15.8. The number of nitrogens with one attached hydrogen (secondary N) is 3. The molecule has 3 N–H and O–H groups in total. The van der Waals surface area contributed by atoms with Crippen molar-refractivity contribution >= 4 is 56.0 Å². The van der Waals surface area contributed by atoms with E-state index in [2.05, 4.69) is 48.4 Å². The third kappa shape index (κ3) is 6.16. The van der Waals surface area contributed by atoms with Crippen LogP contribution in [0.5, 0.6) is 5.75 Å². The van der Waals surface area contributed by atoms with Crippen LogP contribution in [-0.4, -0.2) is 54.1 Å². The van der Waals surface area contributed by atoms with E-state index >= 15 is 0 Å². The molecule has 1 heterocycles. The molecule has 172 valence electrons. The fraction of sp³-hybridized carbons (Fsp3) is 0.182. The predicted octanol–water partition coefficient (Wildman–Crippen LogP) is 4.05. The Labute approximate surface area is 198 Å². The van der Waals surface area contributed by atoms with Gasteiger partial charge in [-0.3, -0.25) is 4.79 Å². The van der Waals surface area contributed by atoms with E-state index < -0.39 is 11.7 Å². The van der Waals surface area contributed by atoms with E-state index in [9.17, 15) is 14.0 Å². The van der Waals surface area contributed by atoms with Gasteiger partial charge >= 0.3 is 6.03 Å². The summed E-state index contributed by atoms with van der Waals surface area (Å²) in [5.74, 6) is -0.210. The minimum Gasteiger partial charge on any atom is -0.489 e. The van der Waals surface area contributed by atoms with Crippen LogP contribution in [0.15, 0.2) is 53.8 Å². The molecule has 33 heavy (non-hydrogen) atoms. The van der Waals surface area contributed by atoms with Gasteiger partial charge in [-0.1, -0.05) is 22.5 Å². The quantitative estimate of drug-likeness (QED) is 0.308. The summed E-state index contributed by atoms with van der Waals surface area (Å²) in [6, 6.07) is 7.62. The number of aromatic nitrogens is 2. The number of benzene rings is 2. The molecule has 0 unspecified atom stereocenters. The second kappa shape index (κ2) is 10.7. The van der Waals surface area contributed by atoms with Crippen molar-refractivity contribution in [2.45, 2.75) is 0 Å². The topological polar surface area (TPSA) is 108 Å². The van der Waals surface area contributed by atoms with Gasteiger partial charge in [0.2, 0.25) is 5.91 Å². The number of anilines is 3. The summed E-state index contributed by atoms with van der Waals surface area (Å²) in [7, 11) is 3.27. The first-order valence-electron chi connectivity index (χ1n) is 9.80. The zero-order valence-electron chi connectivity index (χ0n) is 18.0. The van der Waals surface area contributed by atoms with Gasteiger partial charge in [0.05, 0.1) is 23.4 Å². The van der Waals surface area contributed by atoms with Crippen LogP contribution in [0.1, 0.15) is 0 Å². The van der Waals surface area contributed by atoms with Gasteiger partial charge in [-0.15, -0.1) is 0 Å². The van der Waals surface area contributed by atoms with Crippen LogP contribution in [0.3, 0.4) is 0 Å². The average molecular weight is 517 g/mol. The van der Waals surface area contributed by atoms with Crippen molar-refractivity contribution in [1.82, 2.24) is 20.2 Å². The molecular weight excluding hydrogens is 495 g/mol. The van der Waals surface area contributed by atoms with Crippen molar-refractivity contribution < 1.29 is 18.7 Å². The number of ether oxygens (including phenoxy) is 1. The Morgan fingerprint density at radius 3 is 2.70 bits per heavy atom. The van der Waals surface area contributed by atoms with E-state index in [1.807, 2.05) is 0 Å². The van der Waals surface area contributed by atoms with Gasteiger partial charge < -0.3 is 25.6 Å². The van der Waals surface area contributed by atoms with E-state index in [1.54, 1.807) is 38.4 Å². The monoisotopic (exact) mass is 516 g/mol. The Hall–Kier alpha value is -3.73. The van der Waals surface area contributed by atoms with E-state index in [-0.39, 0.29) is 24.9 Å². The summed E-state index contributed by atoms with van der Waals surface area (Å²) in [6.45, 7) is 3.87. The summed E-state index contributed by atoms with van der Waals surface area (Å²) in [5.41, 5.74) is 1.08. The van der Waals surface area contributed by atoms with Gasteiger partial charge in [-0.2, -0.15) is 0 Å². The molecule has 0 fully saturated rings. The molecule has 9 nitrogen and oxygen atoms in total. The van der Waals surface area contributed by atoms with Crippen molar-refractivity contribution in [2.24, 2.45) is 0 Å². The summed E-state index contributed by atoms with van der Waals surface area (Å²) in [4.78, 5) is 33.5. The van der Waals surface area contributed by atoms with Gasteiger partial charge in [-0.25, -0.2) is 19.2 Å². The Balaban J connectivity index is 1.91. The number of nitrogens with zero attached hydrogens (tertiary/aromatic N) is 3. The first-order valence-corrected chi connectivity index (χ1v) is 10.6. The lowest BCUT2D eigenvalue weighted by atomic mass is 10.1. The van der Waals surface area contributed by atoms with Crippen LogP contribution in [-0.2, 0) is 4.79 Å². The minimum atomic E-state index is -0.462. The summed E-state index contributed by atoms with van der Waals surface area (Å²) >= 11 is 3.23. The van der Waals surface area contributed by atoms with E-state index in [4.69, 9.17) is 4.74 Å². The molecule has 0 atom stereocenters. The lowest BCUT2D eigenvalue weighted by Gasteiger charge is -2.16. The molecule has 2 aromatic carbocycles. The highest BCUT2D eigenvalue weighted by Gasteiger charge is 2.14. The molecule has 0 radical (unpaired) electrons. The standard InChI is InChI=1S/C22H22BrFN6O3/c1-4-20(31)28-18-10-14-17(11-19(18)33-8-7-25-22(32)30(2)3)26-12-27-21(14)29-16-6-5-13(23)9-15(16)24/h4-6,9-12H,1,7-8H2,2-3H3,(H,25,32)(H,28,31)(H,26,27,29). The summed E-state index contributed by atoms with van der Waals surface area (Å²) in [5, 5.41) is 8.87. The molecule has 0 aliphatic rings. The molecule has 3 aromatic rings. The molecule has 11 heteroatoms.